The van der Waals surface area contributed by atoms with Gasteiger partial charge >= 0.3 is 25.7 Å². The van der Waals surface area contributed by atoms with Gasteiger partial charge in [-0.15, -0.1) is 0 Å². The number of esters is 3. The van der Waals surface area contributed by atoms with Crippen LogP contribution in [0.25, 0.3) is 0 Å². The molecule has 0 rings (SSSR count). The summed E-state index contributed by atoms with van der Waals surface area (Å²) in [7, 11) is -4.79. The zero-order chi connectivity index (χ0) is 59.8. The van der Waals surface area contributed by atoms with E-state index in [-0.39, 0.29) is 25.9 Å². The fourth-order valence-electron chi connectivity index (χ4n) is 7.72. The van der Waals surface area contributed by atoms with E-state index in [4.69, 9.17) is 23.3 Å². The van der Waals surface area contributed by atoms with Gasteiger partial charge in [-0.1, -0.05) is 224 Å². The highest BCUT2D eigenvalue weighted by Gasteiger charge is 2.28. The van der Waals surface area contributed by atoms with E-state index in [1.807, 2.05) is 12.2 Å². The minimum Gasteiger partial charge on any atom is -0.462 e. The molecule has 0 aromatic carbocycles. The number of carbonyl (C=O) groups excluding carboxylic acids is 3. The Labute approximate surface area is 498 Å². The molecule has 0 aliphatic heterocycles. The average molecular weight is 1160 g/mol. The maximum Gasteiger partial charge on any atom is 0.472 e. The summed E-state index contributed by atoms with van der Waals surface area (Å²) in [5.41, 5.74) is 0. The van der Waals surface area contributed by atoms with E-state index in [1.54, 1.807) is 0 Å². The Kier molecular flexibility index (Phi) is 58.4. The maximum absolute atomic E-state index is 13.0. The average Bonchev–Trinajstić information content (AvgIpc) is 3.50. The van der Waals surface area contributed by atoms with Gasteiger partial charge < -0.3 is 24.2 Å². The second-order valence-corrected chi connectivity index (χ2v) is 21.6. The quantitative estimate of drug-likeness (QED) is 0.0197. The highest BCUT2D eigenvalue weighted by Crippen LogP contribution is 2.43. The second-order valence-electron chi connectivity index (χ2n) is 20.1. The van der Waals surface area contributed by atoms with Crippen molar-refractivity contribution in [2.75, 3.05) is 26.4 Å². The maximum atomic E-state index is 13.0. The van der Waals surface area contributed by atoms with Crippen LogP contribution in [0.2, 0.25) is 0 Å². The standard InChI is InChI=1S/C70H111O11P/c1-4-7-10-13-16-19-22-25-28-31-33-36-38-41-44-47-50-53-56-59-68(72)77-63-67(81-70(74)61-58-55-52-49-46-43-40-37-34-32-29-26-23-20-17-14-11-8-5-2)65-79-82(75,76)78-64-66(62-71)80-69(73)60-57-54-51-48-45-42-39-35-30-27-24-21-18-15-12-9-6-3/h8-9,11-12,16-21,25-30,33-34,36-37,39,42-43,46,48,51,66-67,71H,4-7,10,13-15,22-24,31-32,35,38,40-41,44-45,47,49-50,52-65H2,1-3H3,(H,75,76)/b11-8-,12-9-,19-16-,20-17-,21-18-,28-25-,29-26-,30-27-,36-33-,37-34-,42-39-,46-43-,51-48-. The van der Waals surface area contributed by atoms with Crippen molar-refractivity contribution in [3.63, 3.8) is 0 Å². The van der Waals surface area contributed by atoms with Crippen LogP contribution in [0.1, 0.15) is 226 Å². The number of carbonyl (C=O) groups is 3. The molecule has 2 N–H and O–H groups in total. The summed E-state index contributed by atoms with van der Waals surface area (Å²) in [5.74, 6) is -1.60. The predicted molar refractivity (Wildman–Crippen MR) is 343 cm³/mol. The SMILES string of the molecule is CC/C=C\C/C=C\C/C=C\C/C=C\C/C=C\CCCCCC(=O)OC(COC(=O)CCCCCCCC/C=C\C/C=C\C/C=C\CCCCC)COP(=O)(O)OCC(CO)OC(=O)CCC/C=C\C/C=C\C/C=C\C/C=C\C/C=C\CC. The van der Waals surface area contributed by atoms with E-state index in [0.29, 0.717) is 25.7 Å². The topological polar surface area (TPSA) is 155 Å². The highest BCUT2D eigenvalue weighted by atomic mass is 31.2. The number of hydrogen-bond acceptors (Lipinski definition) is 10. The van der Waals surface area contributed by atoms with E-state index >= 15 is 0 Å². The Balaban J connectivity index is 4.88. The number of allylic oxidation sites excluding steroid dienone is 26. The number of aliphatic hydroxyl groups is 1. The van der Waals surface area contributed by atoms with Gasteiger partial charge in [-0.25, -0.2) is 4.57 Å². The summed E-state index contributed by atoms with van der Waals surface area (Å²) < 4.78 is 39.6. The Bertz CT molecular complexity index is 1980. The van der Waals surface area contributed by atoms with Gasteiger partial charge in [-0.3, -0.25) is 23.4 Å². The van der Waals surface area contributed by atoms with Crippen LogP contribution in [0, 0.1) is 0 Å². The molecule has 0 bridgehead atoms. The van der Waals surface area contributed by atoms with Gasteiger partial charge in [0.15, 0.2) is 6.10 Å². The molecule has 0 aromatic rings. The fourth-order valence-corrected chi connectivity index (χ4v) is 8.50. The first-order chi connectivity index (χ1) is 40.2. The molecule has 0 radical (unpaired) electrons. The molecule has 0 spiro atoms. The van der Waals surface area contributed by atoms with Crippen molar-refractivity contribution >= 4 is 25.7 Å². The monoisotopic (exact) mass is 1160 g/mol. The molecule has 12 heteroatoms. The van der Waals surface area contributed by atoms with E-state index in [2.05, 4.69) is 167 Å². The summed E-state index contributed by atoms with van der Waals surface area (Å²) in [6, 6.07) is 0. The van der Waals surface area contributed by atoms with Crippen LogP contribution in [0.5, 0.6) is 0 Å². The number of unbranched alkanes of at least 4 members (excludes halogenated alkanes) is 13. The van der Waals surface area contributed by atoms with E-state index in [9.17, 15) is 28.9 Å². The Hall–Kier alpha value is -4.90. The molecule has 0 fully saturated rings. The summed E-state index contributed by atoms with van der Waals surface area (Å²) in [5, 5.41) is 9.84. The summed E-state index contributed by atoms with van der Waals surface area (Å²) in [6.45, 7) is 4.26. The number of ether oxygens (including phenoxy) is 3. The number of phosphoric acid groups is 1. The molecule has 0 aliphatic rings. The number of phosphoric ester groups is 1. The van der Waals surface area contributed by atoms with Crippen molar-refractivity contribution in [3.8, 4) is 0 Å². The molecule has 3 atom stereocenters. The third-order valence-corrected chi connectivity index (χ3v) is 13.4. The van der Waals surface area contributed by atoms with E-state index in [1.165, 1.54) is 25.7 Å². The van der Waals surface area contributed by atoms with Crippen molar-refractivity contribution in [2.45, 2.75) is 238 Å². The Morgan fingerprint density at radius 3 is 1.04 bits per heavy atom. The number of rotatable bonds is 56. The van der Waals surface area contributed by atoms with Crippen molar-refractivity contribution in [1.82, 2.24) is 0 Å². The van der Waals surface area contributed by atoms with Crippen molar-refractivity contribution in [1.29, 1.82) is 0 Å². The van der Waals surface area contributed by atoms with Crippen molar-refractivity contribution < 1.29 is 52.2 Å². The molecule has 82 heavy (non-hydrogen) atoms. The molecule has 0 aromatic heterocycles. The van der Waals surface area contributed by atoms with Crippen LogP contribution in [-0.4, -0.2) is 66.5 Å². The molecule has 0 saturated carbocycles. The molecule has 0 amide bonds. The van der Waals surface area contributed by atoms with Gasteiger partial charge in [0.2, 0.25) is 0 Å². The first-order valence-electron chi connectivity index (χ1n) is 31.4. The van der Waals surface area contributed by atoms with Crippen molar-refractivity contribution in [2.24, 2.45) is 0 Å². The van der Waals surface area contributed by atoms with Crippen LogP contribution in [-0.2, 0) is 42.2 Å². The lowest BCUT2D eigenvalue weighted by atomic mass is 10.1. The molecular formula is C70H111O11P. The molecule has 0 aliphatic carbocycles. The first kappa shape index (κ1) is 77.1. The third-order valence-electron chi connectivity index (χ3n) is 12.4. The lowest BCUT2D eigenvalue weighted by Gasteiger charge is -2.21. The molecule has 11 nitrogen and oxygen atoms in total. The molecular weight excluding hydrogens is 1050 g/mol. The lowest BCUT2D eigenvalue weighted by molar-refractivity contribution is -0.161. The van der Waals surface area contributed by atoms with Crippen LogP contribution in [0.4, 0.5) is 0 Å². The van der Waals surface area contributed by atoms with Crippen LogP contribution < -0.4 is 0 Å². The molecule has 462 valence electrons. The molecule has 0 saturated heterocycles. The normalized spacial score (nSPS) is 14.4. The minimum atomic E-state index is -4.79. The zero-order valence-electron chi connectivity index (χ0n) is 51.1. The summed E-state index contributed by atoms with van der Waals surface area (Å²) >= 11 is 0. The second kappa shape index (κ2) is 62.2. The van der Waals surface area contributed by atoms with Crippen LogP contribution in [0.3, 0.4) is 0 Å². The largest absolute Gasteiger partial charge is 0.472 e. The third kappa shape index (κ3) is 59.7. The highest BCUT2D eigenvalue weighted by molar-refractivity contribution is 7.47. The molecule has 3 unspecified atom stereocenters. The first-order valence-corrected chi connectivity index (χ1v) is 32.9. The van der Waals surface area contributed by atoms with Gasteiger partial charge in [-0.2, -0.15) is 0 Å². The molecule has 0 heterocycles. The predicted octanol–water partition coefficient (Wildman–Crippen LogP) is 19.3. The van der Waals surface area contributed by atoms with Gasteiger partial charge in [0.25, 0.3) is 0 Å². The summed E-state index contributed by atoms with van der Waals surface area (Å²) in [4.78, 5) is 48.7. The van der Waals surface area contributed by atoms with Gasteiger partial charge in [0.05, 0.1) is 19.8 Å². The lowest BCUT2D eigenvalue weighted by Crippen LogP contribution is -2.30. The van der Waals surface area contributed by atoms with E-state index < -0.39 is 57.8 Å². The summed E-state index contributed by atoms with van der Waals surface area (Å²) in [6.07, 6.45) is 82.0. The van der Waals surface area contributed by atoms with Gasteiger partial charge in [0.1, 0.15) is 12.7 Å². The minimum absolute atomic E-state index is 0.0863. The Morgan fingerprint density at radius 1 is 0.354 bits per heavy atom. The van der Waals surface area contributed by atoms with Crippen molar-refractivity contribution in [3.05, 3.63) is 158 Å². The zero-order valence-corrected chi connectivity index (χ0v) is 52.0. The number of hydrogen-bond donors (Lipinski definition) is 2. The van der Waals surface area contributed by atoms with Crippen LogP contribution >= 0.6 is 7.82 Å². The fraction of sp³-hybridized carbons (Fsp3) is 0.586. The Morgan fingerprint density at radius 2 is 0.646 bits per heavy atom. The van der Waals surface area contributed by atoms with Gasteiger partial charge in [-0.05, 0) is 141 Å². The van der Waals surface area contributed by atoms with Crippen LogP contribution in [0.15, 0.2) is 158 Å². The van der Waals surface area contributed by atoms with E-state index in [0.717, 1.165) is 135 Å². The smallest absolute Gasteiger partial charge is 0.462 e. The number of aliphatic hydroxyl groups excluding tert-OH is 1. The van der Waals surface area contributed by atoms with Gasteiger partial charge in [0, 0.05) is 19.3 Å².